The topological polar surface area (TPSA) is 54.4 Å². The first-order valence-electron chi connectivity index (χ1n) is 13.7. The van der Waals surface area contributed by atoms with Crippen LogP contribution in [-0.4, -0.2) is 16.9 Å². The van der Waals surface area contributed by atoms with Crippen molar-refractivity contribution >= 4 is 11.8 Å². The van der Waals surface area contributed by atoms with Gasteiger partial charge in [0.1, 0.15) is 5.78 Å². The van der Waals surface area contributed by atoms with Crippen LogP contribution in [0.1, 0.15) is 106 Å². The molecule has 3 heteroatoms. The van der Waals surface area contributed by atoms with Gasteiger partial charge in [-0.15, -0.1) is 0 Å². The molecule has 0 aromatic carbocycles. The van der Waals surface area contributed by atoms with Crippen LogP contribution in [0.3, 0.4) is 0 Å². The maximum Gasteiger partial charge on any atom is 0.309 e. The minimum Gasteiger partial charge on any atom is -0.481 e. The highest BCUT2D eigenvalue weighted by Gasteiger charge is 2.70. The highest BCUT2D eigenvalue weighted by molar-refractivity contribution is 5.89. The van der Waals surface area contributed by atoms with Crippen LogP contribution in [0.25, 0.3) is 0 Å². The van der Waals surface area contributed by atoms with E-state index in [9.17, 15) is 14.7 Å². The second-order valence-corrected chi connectivity index (χ2v) is 14.2. The Kier molecular flexibility index (Phi) is 4.99. The van der Waals surface area contributed by atoms with E-state index in [4.69, 9.17) is 0 Å². The Morgan fingerprint density at radius 1 is 0.939 bits per heavy atom. The normalized spacial score (nSPS) is 56.0. The summed E-state index contributed by atoms with van der Waals surface area (Å²) >= 11 is 0. The van der Waals surface area contributed by atoms with Crippen molar-refractivity contribution in [2.24, 2.45) is 56.7 Å². The number of carbonyl (C=O) groups is 2. The Labute approximate surface area is 201 Å². The third-order valence-corrected chi connectivity index (χ3v) is 13.2. The highest BCUT2D eigenvalue weighted by Crippen LogP contribution is 2.75. The summed E-state index contributed by atoms with van der Waals surface area (Å²) in [6, 6.07) is 0. The van der Waals surface area contributed by atoms with Crippen molar-refractivity contribution in [2.75, 3.05) is 0 Å². The van der Waals surface area contributed by atoms with Gasteiger partial charge in [0.05, 0.1) is 5.41 Å². The molecule has 0 amide bonds. The van der Waals surface area contributed by atoms with E-state index in [0.717, 1.165) is 25.2 Å². The molecule has 0 saturated heterocycles. The number of fused-ring (bicyclic) bond motifs is 7. The summed E-state index contributed by atoms with van der Waals surface area (Å²) in [5.41, 5.74) is 0.959. The number of hydrogen-bond donors (Lipinski definition) is 1. The fourth-order valence-corrected chi connectivity index (χ4v) is 10.5. The van der Waals surface area contributed by atoms with E-state index in [1.165, 1.54) is 25.7 Å². The van der Waals surface area contributed by atoms with E-state index in [-0.39, 0.29) is 22.7 Å². The maximum atomic E-state index is 13.7. The molecule has 0 aliphatic heterocycles. The average Bonchev–Trinajstić information content (AvgIpc) is 2.75. The van der Waals surface area contributed by atoms with Crippen LogP contribution in [0, 0.1) is 56.7 Å². The molecule has 5 rings (SSSR count). The molecule has 5 aliphatic carbocycles. The standard InChI is InChI=1S/C30H46O3/c1-18-10-13-26(3)16-17-28(5)20(24(26)19(18)2)8-9-22-29(28,6)15-11-21-27(4,25(32)33)14-12-23(31)30(21,22)7/h8,18-19,21-22,24H,9-17H2,1-7H3,(H,32,33)/t18-,19+,21?,22+,24+,26-,27?,28-,29-,30+/m1/s1. The first kappa shape index (κ1) is 23.6. The fraction of sp³-hybridized carbons (Fsp3) is 0.867. The Balaban J connectivity index is 1.63. The number of aliphatic carboxylic acids is 1. The van der Waals surface area contributed by atoms with Gasteiger partial charge in [-0.3, -0.25) is 9.59 Å². The molecular weight excluding hydrogens is 408 g/mol. The molecule has 4 fully saturated rings. The van der Waals surface area contributed by atoms with Crippen LogP contribution in [-0.2, 0) is 9.59 Å². The number of carbonyl (C=O) groups excluding carboxylic acids is 1. The van der Waals surface area contributed by atoms with Gasteiger partial charge in [-0.05, 0) is 104 Å². The second-order valence-electron chi connectivity index (χ2n) is 14.2. The van der Waals surface area contributed by atoms with E-state index in [1.54, 1.807) is 5.57 Å². The predicted molar refractivity (Wildman–Crippen MR) is 132 cm³/mol. The number of allylic oxidation sites excluding steroid dienone is 2. The molecule has 0 bridgehead atoms. The minimum atomic E-state index is -0.784. The largest absolute Gasteiger partial charge is 0.481 e. The van der Waals surface area contributed by atoms with Crippen LogP contribution in [0.5, 0.6) is 0 Å². The van der Waals surface area contributed by atoms with Gasteiger partial charge < -0.3 is 5.11 Å². The Bertz CT molecular complexity index is 920. The SMILES string of the molecule is C[C@H]1[C@H](C)CC[C@]2(C)CC[C@]3(C)C(=CC[C@@H]4[C@@]5(C)C(=O)CCC(C)(C(=O)O)C5CC[C@]43C)[C@H]12. The lowest BCUT2D eigenvalue weighted by molar-refractivity contribution is -0.197. The van der Waals surface area contributed by atoms with Crippen LogP contribution < -0.4 is 0 Å². The molecule has 1 N–H and O–H groups in total. The number of hydrogen-bond acceptors (Lipinski definition) is 2. The molecule has 0 radical (unpaired) electrons. The number of Topliss-reactive ketones (excluding diaryl/α,β-unsaturated/α-hetero) is 1. The van der Waals surface area contributed by atoms with E-state index in [2.05, 4.69) is 47.6 Å². The molecule has 0 aromatic heterocycles. The summed E-state index contributed by atoms with van der Waals surface area (Å²) in [5, 5.41) is 10.2. The lowest BCUT2D eigenvalue weighted by atomic mass is 9.33. The maximum absolute atomic E-state index is 13.7. The molecule has 3 nitrogen and oxygen atoms in total. The van der Waals surface area contributed by atoms with Crippen LogP contribution in [0.15, 0.2) is 11.6 Å². The van der Waals surface area contributed by atoms with E-state index >= 15 is 0 Å². The highest BCUT2D eigenvalue weighted by atomic mass is 16.4. The molecule has 0 heterocycles. The predicted octanol–water partition coefficient (Wildman–Crippen LogP) is 7.30. The summed E-state index contributed by atoms with van der Waals surface area (Å²) < 4.78 is 0. The number of carboxylic acids is 1. The number of ketones is 1. The zero-order chi connectivity index (χ0) is 24.2. The van der Waals surface area contributed by atoms with Crippen molar-refractivity contribution in [3.05, 3.63) is 11.6 Å². The van der Waals surface area contributed by atoms with Gasteiger partial charge in [0, 0.05) is 11.8 Å². The zero-order valence-electron chi connectivity index (χ0n) is 22.1. The number of carboxylic acid groups (broad SMARTS) is 1. The minimum absolute atomic E-state index is 0.0521. The smallest absolute Gasteiger partial charge is 0.309 e. The monoisotopic (exact) mass is 454 g/mol. The van der Waals surface area contributed by atoms with Gasteiger partial charge in [-0.2, -0.15) is 0 Å². The molecule has 184 valence electrons. The van der Waals surface area contributed by atoms with Crippen molar-refractivity contribution in [1.82, 2.24) is 0 Å². The van der Waals surface area contributed by atoms with Gasteiger partial charge in [-0.1, -0.05) is 53.2 Å². The van der Waals surface area contributed by atoms with Crippen molar-refractivity contribution in [3.8, 4) is 0 Å². The Morgan fingerprint density at radius 3 is 2.30 bits per heavy atom. The van der Waals surface area contributed by atoms with Crippen molar-refractivity contribution in [3.63, 3.8) is 0 Å². The first-order chi connectivity index (χ1) is 15.3. The Morgan fingerprint density at radius 2 is 1.64 bits per heavy atom. The summed E-state index contributed by atoms with van der Waals surface area (Å²) in [5.74, 6) is 1.94. The van der Waals surface area contributed by atoms with Crippen LogP contribution in [0.2, 0.25) is 0 Å². The van der Waals surface area contributed by atoms with Gasteiger partial charge in [-0.25, -0.2) is 0 Å². The molecule has 0 aromatic rings. The van der Waals surface area contributed by atoms with Crippen molar-refractivity contribution < 1.29 is 14.7 Å². The van der Waals surface area contributed by atoms with Crippen LogP contribution >= 0.6 is 0 Å². The fourth-order valence-electron chi connectivity index (χ4n) is 10.5. The summed E-state index contributed by atoms with van der Waals surface area (Å²) in [4.78, 5) is 26.1. The van der Waals surface area contributed by atoms with Crippen molar-refractivity contribution in [1.29, 1.82) is 0 Å². The third-order valence-electron chi connectivity index (χ3n) is 13.2. The summed E-state index contributed by atoms with van der Waals surface area (Å²) in [7, 11) is 0. The van der Waals surface area contributed by atoms with Gasteiger partial charge in [0.2, 0.25) is 0 Å². The van der Waals surface area contributed by atoms with Gasteiger partial charge >= 0.3 is 5.97 Å². The molecule has 33 heavy (non-hydrogen) atoms. The molecule has 0 spiro atoms. The Hall–Kier alpha value is -1.12. The lowest BCUT2D eigenvalue weighted by Gasteiger charge is -2.70. The average molecular weight is 455 g/mol. The molecular formula is C30H46O3. The second kappa shape index (κ2) is 6.97. The third kappa shape index (κ3) is 2.69. The first-order valence-corrected chi connectivity index (χ1v) is 13.7. The molecule has 2 unspecified atom stereocenters. The van der Waals surface area contributed by atoms with E-state index < -0.39 is 16.8 Å². The van der Waals surface area contributed by atoms with Gasteiger partial charge in [0.25, 0.3) is 0 Å². The van der Waals surface area contributed by atoms with Crippen molar-refractivity contribution in [2.45, 2.75) is 106 Å². The number of rotatable bonds is 1. The van der Waals surface area contributed by atoms with Gasteiger partial charge in [0.15, 0.2) is 0 Å². The van der Waals surface area contributed by atoms with Crippen LogP contribution in [0.4, 0.5) is 0 Å². The zero-order valence-corrected chi connectivity index (χ0v) is 22.1. The summed E-state index contributed by atoms with van der Waals surface area (Å²) in [6.07, 6.45) is 11.6. The summed E-state index contributed by atoms with van der Waals surface area (Å²) in [6.45, 7) is 16.6. The van der Waals surface area contributed by atoms with E-state index in [1.807, 2.05) is 6.92 Å². The molecule has 5 aliphatic rings. The lowest BCUT2D eigenvalue weighted by Crippen LogP contribution is -2.66. The van der Waals surface area contributed by atoms with E-state index in [0.29, 0.717) is 35.9 Å². The molecule has 10 atom stereocenters. The quantitative estimate of drug-likeness (QED) is 0.423. The molecule has 4 saturated carbocycles.